The van der Waals surface area contributed by atoms with E-state index in [4.69, 9.17) is 11.6 Å². The molecule has 0 saturated carbocycles. The highest BCUT2D eigenvalue weighted by Gasteiger charge is 2.30. The van der Waals surface area contributed by atoms with Crippen LogP contribution in [0.1, 0.15) is 19.8 Å². The van der Waals surface area contributed by atoms with Crippen molar-refractivity contribution in [2.75, 3.05) is 23.7 Å². The maximum Gasteiger partial charge on any atom is 0.321 e. The van der Waals surface area contributed by atoms with Gasteiger partial charge in [0.2, 0.25) is 5.91 Å². The first-order chi connectivity index (χ1) is 13.4. The van der Waals surface area contributed by atoms with Gasteiger partial charge in [0, 0.05) is 24.7 Å². The molecule has 2 N–H and O–H groups in total. The molecule has 5 nitrogen and oxygen atoms in total. The minimum Gasteiger partial charge on any atom is -0.325 e. The molecule has 3 amide bonds. The molecule has 148 valence electrons. The molecule has 0 aromatic heterocycles. The topological polar surface area (TPSA) is 61.4 Å². The fourth-order valence-corrected chi connectivity index (χ4v) is 3.54. The molecule has 1 heterocycles. The Labute approximate surface area is 168 Å². The average molecular weight is 404 g/mol. The molecule has 0 bridgehead atoms. The second kappa shape index (κ2) is 9.06. The van der Waals surface area contributed by atoms with Gasteiger partial charge in [0.25, 0.3) is 0 Å². The minimum atomic E-state index is -0.345. The van der Waals surface area contributed by atoms with Gasteiger partial charge in [-0.05, 0) is 55.2 Å². The SMILES string of the molecule is CC(C(=O)Nc1ccccc1Cl)C1CCN(C(=O)Nc2ccc(F)cc2)CC1. The molecule has 2 aromatic carbocycles. The summed E-state index contributed by atoms with van der Waals surface area (Å²) in [5.74, 6) is -0.402. The summed E-state index contributed by atoms with van der Waals surface area (Å²) < 4.78 is 13.0. The second-order valence-corrected chi connectivity index (χ2v) is 7.43. The van der Waals surface area contributed by atoms with E-state index in [1.54, 1.807) is 17.0 Å². The van der Waals surface area contributed by atoms with Crippen molar-refractivity contribution in [2.45, 2.75) is 19.8 Å². The van der Waals surface area contributed by atoms with Crippen LogP contribution in [0.3, 0.4) is 0 Å². The number of amides is 3. The van der Waals surface area contributed by atoms with E-state index < -0.39 is 0 Å². The first kappa shape index (κ1) is 20.1. The number of para-hydroxylation sites is 1. The number of carbonyl (C=O) groups excluding carboxylic acids is 2. The largest absolute Gasteiger partial charge is 0.325 e. The number of benzene rings is 2. The number of likely N-dealkylation sites (tertiary alicyclic amines) is 1. The van der Waals surface area contributed by atoms with Crippen molar-refractivity contribution in [3.05, 3.63) is 59.4 Å². The third kappa shape index (κ3) is 5.01. The molecule has 3 rings (SSSR count). The quantitative estimate of drug-likeness (QED) is 0.754. The molecular weight excluding hydrogens is 381 g/mol. The fraction of sp³-hybridized carbons (Fsp3) is 0.333. The number of anilines is 2. The van der Waals surface area contributed by atoms with Gasteiger partial charge in [-0.25, -0.2) is 9.18 Å². The molecule has 7 heteroatoms. The highest BCUT2D eigenvalue weighted by molar-refractivity contribution is 6.33. The van der Waals surface area contributed by atoms with Gasteiger partial charge in [-0.15, -0.1) is 0 Å². The van der Waals surface area contributed by atoms with Crippen LogP contribution >= 0.6 is 11.6 Å². The number of carbonyl (C=O) groups is 2. The maximum atomic E-state index is 13.0. The Bertz CT molecular complexity index is 836. The van der Waals surface area contributed by atoms with E-state index in [1.165, 1.54) is 24.3 Å². The fourth-order valence-electron chi connectivity index (χ4n) is 3.36. The van der Waals surface area contributed by atoms with Crippen LogP contribution in [0.25, 0.3) is 0 Å². The first-order valence-corrected chi connectivity index (χ1v) is 9.68. The van der Waals surface area contributed by atoms with Gasteiger partial charge in [-0.2, -0.15) is 0 Å². The van der Waals surface area contributed by atoms with E-state index in [9.17, 15) is 14.0 Å². The number of nitrogens with one attached hydrogen (secondary N) is 2. The molecule has 28 heavy (non-hydrogen) atoms. The molecule has 0 spiro atoms. The van der Waals surface area contributed by atoms with Crippen LogP contribution < -0.4 is 10.6 Å². The van der Waals surface area contributed by atoms with Crippen LogP contribution in [0.4, 0.5) is 20.6 Å². The molecule has 1 fully saturated rings. The van der Waals surface area contributed by atoms with E-state index in [0.717, 1.165) is 12.8 Å². The van der Waals surface area contributed by atoms with Gasteiger partial charge in [-0.3, -0.25) is 4.79 Å². The summed E-state index contributed by atoms with van der Waals surface area (Å²) >= 11 is 6.10. The molecule has 1 unspecified atom stereocenters. The zero-order valence-electron chi connectivity index (χ0n) is 15.6. The van der Waals surface area contributed by atoms with Crippen LogP contribution in [0.15, 0.2) is 48.5 Å². The van der Waals surface area contributed by atoms with Crippen LogP contribution in [0, 0.1) is 17.7 Å². The van der Waals surface area contributed by atoms with Crippen molar-refractivity contribution >= 4 is 34.9 Å². The monoisotopic (exact) mass is 403 g/mol. The number of urea groups is 1. The normalized spacial score (nSPS) is 15.8. The molecule has 1 saturated heterocycles. The van der Waals surface area contributed by atoms with Crippen LogP contribution in [-0.4, -0.2) is 29.9 Å². The van der Waals surface area contributed by atoms with Crippen molar-refractivity contribution in [3.63, 3.8) is 0 Å². The second-order valence-electron chi connectivity index (χ2n) is 7.02. The number of hydrogen-bond donors (Lipinski definition) is 2. The lowest BCUT2D eigenvalue weighted by atomic mass is 9.85. The molecule has 1 atom stereocenters. The molecule has 1 aliphatic heterocycles. The smallest absolute Gasteiger partial charge is 0.321 e. The number of piperidine rings is 1. The third-order valence-electron chi connectivity index (χ3n) is 5.17. The Balaban J connectivity index is 1.50. The third-order valence-corrected chi connectivity index (χ3v) is 5.50. The van der Waals surface area contributed by atoms with Crippen LogP contribution in [0.5, 0.6) is 0 Å². The first-order valence-electron chi connectivity index (χ1n) is 9.31. The molecule has 2 aromatic rings. The van der Waals surface area contributed by atoms with E-state index in [2.05, 4.69) is 10.6 Å². The number of halogens is 2. The Morgan fingerprint density at radius 2 is 1.71 bits per heavy atom. The van der Waals surface area contributed by atoms with Crippen LogP contribution in [-0.2, 0) is 4.79 Å². The van der Waals surface area contributed by atoms with Crippen molar-refractivity contribution in [1.29, 1.82) is 0 Å². The lowest BCUT2D eigenvalue weighted by Gasteiger charge is -2.34. The Morgan fingerprint density at radius 1 is 1.07 bits per heavy atom. The van der Waals surface area contributed by atoms with Crippen LogP contribution in [0.2, 0.25) is 5.02 Å². The molecule has 0 aliphatic carbocycles. The number of rotatable bonds is 4. The zero-order chi connectivity index (χ0) is 20.1. The summed E-state index contributed by atoms with van der Waals surface area (Å²) in [6.07, 6.45) is 1.49. The predicted molar refractivity (Wildman–Crippen MR) is 109 cm³/mol. The zero-order valence-corrected chi connectivity index (χ0v) is 16.4. The Kier molecular flexibility index (Phi) is 6.52. The Hall–Kier alpha value is -2.60. The summed E-state index contributed by atoms with van der Waals surface area (Å²) in [4.78, 5) is 26.6. The van der Waals surface area contributed by atoms with Crippen molar-refractivity contribution < 1.29 is 14.0 Å². The van der Waals surface area contributed by atoms with Gasteiger partial charge in [0.15, 0.2) is 0 Å². The van der Waals surface area contributed by atoms with Crippen molar-refractivity contribution in [1.82, 2.24) is 4.90 Å². The summed E-state index contributed by atoms with van der Waals surface area (Å²) in [5.41, 5.74) is 1.16. The molecule has 1 aliphatic rings. The highest BCUT2D eigenvalue weighted by Crippen LogP contribution is 2.28. The maximum absolute atomic E-state index is 13.0. The van der Waals surface area contributed by atoms with E-state index >= 15 is 0 Å². The summed E-state index contributed by atoms with van der Waals surface area (Å²) in [5, 5.41) is 6.16. The van der Waals surface area contributed by atoms with E-state index in [-0.39, 0.29) is 29.6 Å². The molecule has 0 radical (unpaired) electrons. The van der Waals surface area contributed by atoms with Gasteiger partial charge in [0.1, 0.15) is 5.82 Å². The highest BCUT2D eigenvalue weighted by atomic mass is 35.5. The summed E-state index contributed by atoms with van der Waals surface area (Å²) in [7, 11) is 0. The summed E-state index contributed by atoms with van der Waals surface area (Å²) in [6.45, 7) is 3.05. The van der Waals surface area contributed by atoms with Crippen molar-refractivity contribution in [2.24, 2.45) is 11.8 Å². The molecular formula is C21H23ClFN3O2. The number of hydrogen-bond acceptors (Lipinski definition) is 2. The average Bonchev–Trinajstić information content (AvgIpc) is 2.71. The van der Waals surface area contributed by atoms with Gasteiger partial charge < -0.3 is 15.5 Å². The van der Waals surface area contributed by atoms with E-state index in [1.807, 2.05) is 19.1 Å². The standard InChI is InChI=1S/C21H23ClFN3O2/c1-14(20(27)25-19-5-3-2-4-18(19)22)15-10-12-26(13-11-15)21(28)24-17-8-6-16(23)7-9-17/h2-9,14-15H,10-13H2,1H3,(H,24,28)(H,25,27). The lowest BCUT2D eigenvalue weighted by Crippen LogP contribution is -2.43. The van der Waals surface area contributed by atoms with Crippen molar-refractivity contribution in [3.8, 4) is 0 Å². The Morgan fingerprint density at radius 3 is 2.36 bits per heavy atom. The minimum absolute atomic E-state index is 0.0673. The van der Waals surface area contributed by atoms with Gasteiger partial charge in [0.05, 0.1) is 10.7 Å². The lowest BCUT2D eigenvalue weighted by molar-refractivity contribution is -0.121. The van der Waals surface area contributed by atoms with Gasteiger partial charge >= 0.3 is 6.03 Å². The van der Waals surface area contributed by atoms with Gasteiger partial charge in [-0.1, -0.05) is 30.7 Å². The summed E-state index contributed by atoms with van der Waals surface area (Å²) in [6, 6.07) is 12.6. The number of nitrogens with zero attached hydrogens (tertiary/aromatic N) is 1. The van der Waals surface area contributed by atoms with E-state index in [0.29, 0.717) is 29.5 Å². The predicted octanol–water partition coefficient (Wildman–Crippen LogP) is 5.00.